The van der Waals surface area contributed by atoms with Crippen molar-refractivity contribution in [3.8, 4) is 0 Å². The van der Waals surface area contributed by atoms with Crippen molar-refractivity contribution >= 4 is 5.91 Å². The molecule has 4 nitrogen and oxygen atoms in total. The van der Waals surface area contributed by atoms with Crippen LogP contribution in [0.15, 0.2) is 0 Å². The van der Waals surface area contributed by atoms with E-state index in [4.69, 9.17) is 10.5 Å². The first kappa shape index (κ1) is 11.5. The summed E-state index contributed by atoms with van der Waals surface area (Å²) in [5, 5.41) is 0. The lowest BCUT2D eigenvalue weighted by Gasteiger charge is -2.27. The van der Waals surface area contributed by atoms with E-state index in [1.807, 2.05) is 4.90 Å². The van der Waals surface area contributed by atoms with Crippen molar-refractivity contribution < 1.29 is 9.53 Å². The van der Waals surface area contributed by atoms with Crippen LogP contribution in [-0.2, 0) is 9.53 Å². The van der Waals surface area contributed by atoms with Crippen molar-refractivity contribution in [3.63, 3.8) is 0 Å². The molecule has 3 fully saturated rings. The minimum atomic E-state index is -0.149. The highest BCUT2D eigenvalue weighted by Gasteiger charge is 2.40. The molecule has 1 aliphatic carbocycles. The molecule has 2 N–H and O–H groups in total. The van der Waals surface area contributed by atoms with Crippen LogP contribution in [-0.4, -0.2) is 42.6 Å². The van der Waals surface area contributed by atoms with E-state index >= 15 is 0 Å². The minimum Gasteiger partial charge on any atom is -0.368 e. The van der Waals surface area contributed by atoms with Crippen LogP contribution < -0.4 is 5.73 Å². The molecule has 0 aromatic rings. The van der Waals surface area contributed by atoms with Gasteiger partial charge in [-0.1, -0.05) is 0 Å². The van der Waals surface area contributed by atoms with Gasteiger partial charge in [0.1, 0.15) is 6.10 Å². The van der Waals surface area contributed by atoms with Crippen LogP contribution in [0.2, 0.25) is 0 Å². The first-order valence-electron chi connectivity index (χ1n) is 6.90. The van der Waals surface area contributed by atoms with Crippen LogP contribution in [0.5, 0.6) is 0 Å². The molecule has 1 unspecified atom stereocenters. The average Bonchev–Trinajstić information content (AvgIpc) is 2.96. The third-order valence-electron chi connectivity index (χ3n) is 4.61. The highest BCUT2D eigenvalue weighted by molar-refractivity contribution is 5.81. The maximum absolute atomic E-state index is 12.2. The molecule has 0 aromatic heterocycles. The van der Waals surface area contributed by atoms with Gasteiger partial charge in [0.15, 0.2) is 0 Å². The lowest BCUT2D eigenvalue weighted by Crippen LogP contribution is -2.37. The zero-order valence-electron chi connectivity index (χ0n) is 10.3. The van der Waals surface area contributed by atoms with Crippen LogP contribution >= 0.6 is 0 Å². The van der Waals surface area contributed by atoms with Gasteiger partial charge in [-0.2, -0.15) is 0 Å². The Balaban J connectivity index is 1.61. The van der Waals surface area contributed by atoms with Crippen molar-refractivity contribution in [3.05, 3.63) is 0 Å². The second kappa shape index (κ2) is 4.58. The van der Waals surface area contributed by atoms with Crippen LogP contribution in [0.3, 0.4) is 0 Å². The summed E-state index contributed by atoms with van der Waals surface area (Å²) in [4.78, 5) is 14.3. The smallest absolute Gasteiger partial charge is 0.251 e. The Bertz CT molecular complexity index is 302. The van der Waals surface area contributed by atoms with Gasteiger partial charge in [-0.05, 0) is 43.9 Å². The van der Waals surface area contributed by atoms with Crippen molar-refractivity contribution in [1.29, 1.82) is 0 Å². The number of fused-ring (bicyclic) bond motifs is 1. The lowest BCUT2D eigenvalue weighted by molar-refractivity contribution is -0.140. The Hall–Kier alpha value is -0.610. The van der Waals surface area contributed by atoms with E-state index in [0.717, 1.165) is 45.4 Å². The summed E-state index contributed by atoms with van der Waals surface area (Å²) in [5.41, 5.74) is 6.01. The second-order valence-corrected chi connectivity index (χ2v) is 5.84. The van der Waals surface area contributed by atoms with Gasteiger partial charge in [0.25, 0.3) is 5.91 Å². The molecule has 2 saturated heterocycles. The van der Waals surface area contributed by atoms with Crippen LogP contribution in [0.1, 0.15) is 32.1 Å². The molecule has 3 aliphatic rings. The van der Waals surface area contributed by atoms with Crippen molar-refractivity contribution in [2.24, 2.45) is 17.6 Å². The summed E-state index contributed by atoms with van der Waals surface area (Å²) in [6.45, 7) is 2.61. The summed E-state index contributed by atoms with van der Waals surface area (Å²) < 4.78 is 5.49. The van der Waals surface area contributed by atoms with Crippen molar-refractivity contribution in [2.45, 2.75) is 44.2 Å². The van der Waals surface area contributed by atoms with Crippen LogP contribution in [0.4, 0.5) is 0 Å². The highest BCUT2D eigenvalue weighted by Crippen LogP contribution is 2.36. The molecular formula is C13H22N2O2. The fourth-order valence-electron chi connectivity index (χ4n) is 3.62. The third kappa shape index (κ3) is 2.20. The summed E-state index contributed by atoms with van der Waals surface area (Å²) in [6, 6.07) is 0.356. The number of nitrogens with two attached hydrogens (primary N) is 1. The van der Waals surface area contributed by atoms with E-state index in [1.54, 1.807) is 0 Å². The molecule has 4 atom stereocenters. The second-order valence-electron chi connectivity index (χ2n) is 5.84. The monoisotopic (exact) mass is 238 g/mol. The number of likely N-dealkylation sites (tertiary alicyclic amines) is 1. The first-order valence-corrected chi connectivity index (χ1v) is 6.90. The molecule has 1 amide bonds. The number of amides is 1. The molecule has 2 heterocycles. The van der Waals surface area contributed by atoms with Gasteiger partial charge >= 0.3 is 0 Å². The summed E-state index contributed by atoms with van der Waals surface area (Å²) in [5.74, 6) is 1.56. The Morgan fingerprint density at radius 1 is 1.18 bits per heavy atom. The number of carbonyl (C=O) groups excluding carboxylic acids is 1. The fourth-order valence-corrected chi connectivity index (χ4v) is 3.62. The predicted octanol–water partition coefficient (Wildman–Crippen LogP) is 0.751. The first-order chi connectivity index (χ1) is 8.24. The summed E-state index contributed by atoms with van der Waals surface area (Å²) in [7, 11) is 0. The average molecular weight is 238 g/mol. The number of nitrogens with zero attached hydrogens (tertiary/aromatic N) is 1. The van der Waals surface area contributed by atoms with Crippen LogP contribution in [0, 0.1) is 11.8 Å². The van der Waals surface area contributed by atoms with Gasteiger partial charge in [-0.25, -0.2) is 0 Å². The van der Waals surface area contributed by atoms with Crippen LogP contribution in [0.25, 0.3) is 0 Å². The highest BCUT2D eigenvalue weighted by atomic mass is 16.5. The number of ether oxygens (including phenoxy) is 1. The minimum absolute atomic E-state index is 0.149. The van der Waals surface area contributed by atoms with Gasteiger partial charge in [0.05, 0.1) is 0 Å². The zero-order chi connectivity index (χ0) is 11.8. The van der Waals surface area contributed by atoms with E-state index in [1.165, 1.54) is 6.42 Å². The molecule has 4 heteroatoms. The van der Waals surface area contributed by atoms with Gasteiger partial charge in [-0.3, -0.25) is 4.79 Å². The maximum Gasteiger partial charge on any atom is 0.251 e. The quantitative estimate of drug-likeness (QED) is 0.733. The lowest BCUT2D eigenvalue weighted by atomic mass is 9.79. The van der Waals surface area contributed by atoms with Gasteiger partial charge in [0, 0.05) is 25.7 Å². The fraction of sp³-hybridized carbons (Fsp3) is 0.923. The molecule has 0 spiro atoms. The van der Waals surface area contributed by atoms with E-state index in [9.17, 15) is 4.79 Å². The number of hydrogen-bond acceptors (Lipinski definition) is 3. The Kier molecular flexibility index (Phi) is 3.09. The maximum atomic E-state index is 12.2. The van der Waals surface area contributed by atoms with Gasteiger partial charge < -0.3 is 15.4 Å². The molecular weight excluding hydrogens is 216 g/mol. The Morgan fingerprint density at radius 3 is 2.76 bits per heavy atom. The standard InChI is InChI=1S/C13H22N2O2/c14-11-4-3-9-7-15(8-10(9)6-11)13(16)12-2-1-5-17-12/h9-12H,1-8,14H2/t9-,10+,11?,12-/m1/s1. The number of rotatable bonds is 1. The van der Waals surface area contributed by atoms with E-state index in [2.05, 4.69) is 0 Å². The molecule has 1 saturated carbocycles. The molecule has 0 radical (unpaired) electrons. The number of carbonyl (C=O) groups is 1. The van der Waals surface area contributed by atoms with Crippen molar-refractivity contribution in [1.82, 2.24) is 4.90 Å². The molecule has 17 heavy (non-hydrogen) atoms. The summed E-state index contributed by atoms with van der Waals surface area (Å²) in [6.07, 6.45) is 5.21. The van der Waals surface area contributed by atoms with Gasteiger partial charge in [-0.15, -0.1) is 0 Å². The van der Waals surface area contributed by atoms with E-state index in [0.29, 0.717) is 17.9 Å². The van der Waals surface area contributed by atoms with E-state index in [-0.39, 0.29) is 12.0 Å². The van der Waals surface area contributed by atoms with E-state index < -0.39 is 0 Å². The predicted molar refractivity (Wildman–Crippen MR) is 64.4 cm³/mol. The Morgan fingerprint density at radius 2 is 2.00 bits per heavy atom. The third-order valence-corrected chi connectivity index (χ3v) is 4.61. The largest absolute Gasteiger partial charge is 0.368 e. The zero-order valence-corrected chi connectivity index (χ0v) is 10.3. The SMILES string of the molecule is NC1CC[C@@H]2CN(C(=O)[C@H]3CCCO3)C[C@@H]2C1. The van der Waals surface area contributed by atoms with Gasteiger partial charge in [0.2, 0.25) is 0 Å². The molecule has 3 rings (SSSR count). The number of hydrogen-bond donors (Lipinski definition) is 1. The molecule has 0 bridgehead atoms. The topological polar surface area (TPSA) is 55.6 Å². The summed E-state index contributed by atoms with van der Waals surface area (Å²) >= 11 is 0. The molecule has 96 valence electrons. The Labute approximate surface area is 102 Å². The normalized spacial score (nSPS) is 41.6. The van der Waals surface area contributed by atoms with Crippen molar-refractivity contribution in [2.75, 3.05) is 19.7 Å². The molecule has 2 aliphatic heterocycles. The molecule has 0 aromatic carbocycles.